The third kappa shape index (κ3) is 4.52. The Morgan fingerprint density at radius 3 is 2.37 bits per heavy atom. The number of nitrogens with one attached hydrogen (secondary N) is 1. The molecule has 0 radical (unpaired) electrons. The van der Waals surface area contributed by atoms with Gasteiger partial charge in [-0.3, -0.25) is 9.69 Å². The third-order valence-electron chi connectivity index (χ3n) is 5.11. The van der Waals surface area contributed by atoms with Crippen LogP contribution in [-0.4, -0.2) is 52.1 Å². The van der Waals surface area contributed by atoms with Crippen molar-refractivity contribution in [2.75, 3.05) is 13.1 Å². The highest BCUT2D eigenvalue weighted by Gasteiger charge is 2.53. The van der Waals surface area contributed by atoms with Gasteiger partial charge in [-0.2, -0.15) is 13.2 Å². The molecule has 1 N–H and O–H groups in total. The van der Waals surface area contributed by atoms with Crippen LogP contribution in [0.2, 0.25) is 0 Å². The summed E-state index contributed by atoms with van der Waals surface area (Å²) in [4.78, 5) is 40.0. The predicted octanol–water partition coefficient (Wildman–Crippen LogP) is 3.53. The van der Waals surface area contributed by atoms with Gasteiger partial charge in [0.2, 0.25) is 0 Å². The quantitative estimate of drug-likeness (QED) is 0.733. The van der Waals surface area contributed by atoms with Crippen molar-refractivity contribution in [3.05, 3.63) is 35.4 Å². The highest BCUT2D eigenvalue weighted by atomic mass is 19.4. The first kappa shape index (κ1) is 21.9. The zero-order valence-electron chi connectivity index (χ0n) is 17.0. The van der Waals surface area contributed by atoms with Crippen LogP contribution in [-0.2, 0) is 22.3 Å². The minimum atomic E-state index is -4.51. The Hall–Kier alpha value is -2.78. The lowest BCUT2D eigenvalue weighted by atomic mass is 9.87. The first-order chi connectivity index (χ1) is 13.8. The van der Waals surface area contributed by atoms with Gasteiger partial charge in [0.05, 0.1) is 12.1 Å². The SMILES string of the molecule is CC(C)(C)OC(=O)N1CCC2(CC1)NC(=O)N(Cc1cccc(C(F)(F)F)c1)C2=O. The third-order valence-corrected chi connectivity index (χ3v) is 5.11. The van der Waals surface area contributed by atoms with Crippen molar-refractivity contribution in [3.8, 4) is 0 Å². The molecule has 0 aromatic heterocycles. The van der Waals surface area contributed by atoms with Gasteiger partial charge in [0.1, 0.15) is 11.1 Å². The van der Waals surface area contributed by atoms with Gasteiger partial charge in [0, 0.05) is 13.1 Å². The van der Waals surface area contributed by atoms with Crippen molar-refractivity contribution in [2.24, 2.45) is 0 Å². The molecule has 0 unspecified atom stereocenters. The van der Waals surface area contributed by atoms with Gasteiger partial charge in [0.25, 0.3) is 5.91 Å². The van der Waals surface area contributed by atoms with Gasteiger partial charge >= 0.3 is 18.3 Å². The van der Waals surface area contributed by atoms with Crippen molar-refractivity contribution >= 4 is 18.0 Å². The number of likely N-dealkylation sites (tertiary alicyclic amines) is 1. The number of carbonyl (C=O) groups is 3. The number of halogens is 3. The lowest BCUT2D eigenvalue weighted by Crippen LogP contribution is -2.56. The van der Waals surface area contributed by atoms with Gasteiger partial charge in [0.15, 0.2) is 0 Å². The number of carbonyl (C=O) groups excluding carboxylic acids is 3. The molecule has 1 aromatic rings. The van der Waals surface area contributed by atoms with Crippen molar-refractivity contribution in [2.45, 2.75) is 57.5 Å². The van der Waals surface area contributed by atoms with E-state index in [0.29, 0.717) is 0 Å². The minimum Gasteiger partial charge on any atom is -0.444 e. The molecule has 4 amide bonds. The van der Waals surface area contributed by atoms with Crippen LogP contribution in [0.3, 0.4) is 0 Å². The second-order valence-electron chi connectivity index (χ2n) is 8.57. The van der Waals surface area contributed by atoms with E-state index in [-0.39, 0.29) is 38.0 Å². The molecule has 164 valence electrons. The summed E-state index contributed by atoms with van der Waals surface area (Å²) in [5, 5.41) is 2.68. The van der Waals surface area contributed by atoms with E-state index in [1.54, 1.807) is 20.8 Å². The van der Waals surface area contributed by atoms with Crippen LogP contribution >= 0.6 is 0 Å². The molecular weight excluding hydrogens is 403 g/mol. The zero-order chi connectivity index (χ0) is 22.3. The fraction of sp³-hybridized carbons (Fsp3) is 0.550. The Balaban J connectivity index is 1.68. The molecular formula is C20H24F3N3O4. The zero-order valence-corrected chi connectivity index (χ0v) is 17.0. The largest absolute Gasteiger partial charge is 0.444 e. The molecule has 7 nitrogen and oxygen atoms in total. The van der Waals surface area contributed by atoms with Crippen molar-refractivity contribution in [3.63, 3.8) is 0 Å². The van der Waals surface area contributed by atoms with Gasteiger partial charge < -0.3 is 15.0 Å². The molecule has 3 rings (SSSR count). The number of alkyl halides is 3. The molecule has 2 saturated heterocycles. The molecule has 0 bridgehead atoms. The standard InChI is InChI=1S/C20H24F3N3O4/c1-18(2,3)30-17(29)25-9-7-19(8-10-25)15(27)26(16(28)24-19)12-13-5-4-6-14(11-13)20(21,22)23/h4-6,11H,7-10,12H2,1-3H3,(H,24,28). The molecule has 1 aromatic carbocycles. The summed E-state index contributed by atoms with van der Waals surface area (Å²) in [5.41, 5.74) is -2.44. The Bertz CT molecular complexity index is 856. The van der Waals surface area contributed by atoms with Crippen LogP contribution in [0.4, 0.5) is 22.8 Å². The van der Waals surface area contributed by atoms with Crippen molar-refractivity contribution < 1.29 is 32.3 Å². The first-order valence-corrected chi connectivity index (χ1v) is 9.59. The first-order valence-electron chi connectivity index (χ1n) is 9.59. The maximum absolute atomic E-state index is 13.0. The molecule has 10 heteroatoms. The molecule has 2 heterocycles. The predicted molar refractivity (Wildman–Crippen MR) is 100 cm³/mol. The number of ether oxygens (including phenoxy) is 1. The highest BCUT2D eigenvalue weighted by Crippen LogP contribution is 2.33. The molecule has 30 heavy (non-hydrogen) atoms. The fourth-order valence-corrected chi connectivity index (χ4v) is 3.58. The summed E-state index contributed by atoms with van der Waals surface area (Å²) < 4.78 is 44.1. The summed E-state index contributed by atoms with van der Waals surface area (Å²) in [6.45, 7) is 5.44. The van der Waals surface area contributed by atoms with E-state index in [2.05, 4.69) is 5.32 Å². The lowest BCUT2D eigenvalue weighted by molar-refractivity contribution is -0.137. The van der Waals surface area contributed by atoms with E-state index in [4.69, 9.17) is 4.74 Å². The summed E-state index contributed by atoms with van der Waals surface area (Å²) in [7, 11) is 0. The molecule has 0 atom stereocenters. The Labute approximate surface area is 172 Å². The van der Waals surface area contributed by atoms with E-state index in [1.165, 1.54) is 17.0 Å². The van der Waals surface area contributed by atoms with Crippen LogP contribution in [0.15, 0.2) is 24.3 Å². The van der Waals surface area contributed by atoms with Gasteiger partial charge in [-0.25, -0.2) is 9.59 Å². The number of hydrogen-bond acceptors (Lipinski definition) is 4. The lowest BCUT2D eigenvalue weighted by Gasteiger charge is -2.37. The fourth-order valence-electron chi connectivity index (χ4n) is 3.58. The second kappa shape index (κ2) is 7.48. The summed E-state index contributed by atoms with van der Waals surface area (Å²) in [6, 6.07) is 3.89. The number of piperidine rings is 1. The Morgan fingerprint density at radius 2 is 1.80 bits per heavy atom. The molecule has 2 fully saturated rings. The molecule has 1 spiro atoms. The normalized spacial score (nSPS) is 19.3. The van der Waals surface area contributed by atoms with Crippen molar-refractivity contribution in [1.29, 1.82) is 0 Å². The van der Waals surface area contributed by atoms with E-state index in [9.17, 15) is 27.6 Å². The Kier molecular flexibility index (Phi) is 5.46. The van der Waals surface area contributed by atoms with E-state index < -0.39 is 40.9 Å². The monoisotopic (exact) mass is 427 g/mol. The van der Waals surface area contributed by atoms with Crippen LogP contribution < -0.4 is 5.32 Å². The summed E-state index contributed by atoms with van der Waals surface area (Å²) in [6.07, 6.45) is -4.59. The topological polar surface area (TPSA) is 79.0 Å². The van der Waals surface area contributed by atoms with Crippen LogP contribution in [0.5, 0.6) is 0 Å². The Morgan fingerprint density at radius 1 is 1.17 bits per heavy atom. The number of amides is 4. The van der Waals surface area contributed by atoms with E-state index >= 15 is 0 Å². The van der Waals surface area contributed by atoms with Crippen molar-refractivity contribution in [1.82, 2.24) is 15.1 Å². The number of rotatable bonds is 2. The summed E-state index contributed by atoms with van der Waals surface area (Å²) in [5.74, 6) is -0.492. The molecule has 2 aliphatic heterocycles. The maximum Gasteiger partial charge on any atom is 0.416 e. The average molecular weight is 427 g/mol. The minimum absolute atomic E-state index is 0.204. The second-order valence-corrected chi connectivity index (χ2v) is 8.57. The van der Waals surface area contributed by atoms with Gasteiger partial charge in [-0.1, -0.05) is 12.1 Å². The van der Waals surface area contributed by atoms with Gasteiger partial charge in [-0.15, -0.1) is 0 Å². The smallest absolute Gasteiger partial charge is 0.416 e. The highest BCUT2D eigenvalue weighted by molar-refractivity contribution is 6.07. The van der Waals surface area contributed by atoms with Gasteiger partial charge in [-0.05, 0) is 51.3 Å². The van der Waals surface area contributed by atoms with E-state index in [0.717, 1.165) is 17.0 Å². The molecule has 2 aliphatic rings. The summed E-state index contributed by atoms with van der Waals surface area (Å²) >= 11 is 0. The number of imide groups is 1. The van der Waals surface area contributed by atoms with E-state index in [1.807, 2.05) is 0 Å². The maximum atomic E-state index is 13.0. The van der Waals surface area contributed by atoms with Crippen LogP contribution in [0.1, 0.15) is 44.7 Å². The number of benzene rings is 1. The average Bonchev–Trinajstić information content (AvgIpc) is 2.85. The molecule has 0 saturated carbocycles. The number of hydrogen-bond donors (Lipinski definition) is 1. The number of urea groups is 1. The number of nitrogens with zero attached hydrogens (tertiary/aromatic N) is 2. The van der Waals surface area contributed by atoms with Crippen LogP contribution in [0, 0.1) is 0 Å². The molecule has 0 aliphatic carbocycles. The van der Waals surface area contributed by atoms with Crippen LogP contribution in [0.25, 0.3) is 0 Å².